The third-order valence-corrected chi connectivity index (χ3v) is 6.09. The first kappa shape index (κ1) is 21.0. The molecule has 3 amide bonds. The van der Waals surface area contributed by atoms with Crippen molar-refractivity contribution in [2.24, 2.45) is 0 Å². The van der Waals surface area contributed by atoms with Gasteiger partial charge in [-0.05, 0) is 22.9 Å². The molecule has 1 aliphatic rings. The van der Waals surface area contributed by atoms with E-state index in [0.29, 0.717) is 35.9 Å². The first-order valence-electron chi connectivity index (χ1n) is 9.12. The monoisotopic (exact) mass is 435 g/mol. The first-order chi connectivity index (χ1) is 14.0. The number of carbonyl (C=O) groups is 4. The molecule has 0 aromatic carbocycles. The van der Waals surface area contributed by atoms with Crippen LogP contribution in [-0.2, 0) is 14.3 Å². The lowest BCUT2D eigenvalue weighted by Crippen LogP contribution is -2.51. The Hall–Kier alpha value is -2.72. The third-order valence-electron chi connectivity index (χ3n) is 4.37. The number of ether oxygens (including phenoxy) is 1. The average molecular weight is 436 g/mol. The Balaban J connectivity index is 1.32. The fourth-order valence-electron chi connectivity index (χ4n) is 2.79. The van der Waals surface area contributed by atoms with Crippen LogP contribution in [0.3, 0.4) is 0 Å². The average Bonchev–Trinajstić information content (AvgIpc) is 3.46. The molecule has 0 aliphatic carbocycles. The SMILES string of the molecule is O=C(CCNC(=O)c1cccs1)OCC(=O)N1CCN(C(=O)c2cccs2)CC1. The van der Waals surface area contributed by atoms with Crippen LogP contribution < -0.4 is 5.32 Å². The number of piperazine rings is 1. The van der Waals surface area contributed by atoms with E-state index in [0.717, 1.165) is 0 Å². The van der Waals surface area contributed by atoms with Gasteiger partial charge in [-0.2, -0.15) is 0 Å². The predicted molar refractivity (Wildman–Crippen MR) is 109 cm³/mol. The zero-order valence-electron chi connectivity index (χ0n) is 15.7. The van der Waals surface area contributed by atoms with E-state index in [1.54, 1.807) is 33.4 Å². The second-order valence-electron chi connectivity index (χ2n) is 6.29. The van der Waals surface area contributed by atoms with Crippen molar-refractivity contribution in [2.75, 3.05) is 39.3 Å². The zero-order valence-corrected chi connectivity index (χ0v) is 17.3. The number of esters is 1. The van der Waals surface area contributed by atoms with Gasteiger partial charge in [-0.15, -0.1) is 22.7 Å². The van der Waals surface area contributed by atoms with Crippen molar-refractivity contribution < 1.29 is 23.9 Å². The smallest absolute Gasteiger partial charge is 0.308 e. The Morgan fingerprint density at radius 1 is 0.931 bits per heavy atom. The standard InChI is InChI=1S/C19H21N3O5S2/c23-16(13-27-17(24)5-6-20-18(25)14-3-1-11-28-14)21-7-9-22(10-8-21)19(26)15-4-2-12-29-15/h1-4,11-12H,5-10,13H2,(H,20,25). The van der Waals surface area contributed by atoms with E-state index < -0.39 is 5.97 Å². The van der Waals surface area contributed by atoms with E-state index in [2.05, 4.69) is 5.32 Å². The van der Waals surface area contributed by atoms with Gasteiger partial charge >= 0.3 is 5.97 Å². The molecule has 1 N–H and O–H groups in total. The molecule has 2 aromatic heterocycles. The Labute approximate surface area is 176 Å². The minimum Gasteiger partial charge on any atom is -0.456 e. The normalized spacial score (nSPS) is 13.8. The maximum absolute atomic E-state index is 12.3. The van der Waals surface area contributed by atoms with E-state index in [9.17, 15) is 19.2 Å². The lowest BCUT2D eigenvalue weighted by molar-refractivity contribution is -0.152. The highest BCUT2D eigenvalue weighted by molar-refractivity contribution is 7.12. The van der Waals surface area contributed by atoms with Crippen LogP contribution in [0, 0.1) is 0 Å². The number of carbonyl (C=O) groups excluding carboxylic acids is 4. The highest BCUT2D eigenvalue weighted by Crippen LogP contribution is 2.14. The Bertz CT molecular complexity index is 843. The van der Waals surface area contributed by atoms with Gasteiger partial charge in [-0.3, -0.25) is 19.2 Å². The second-order valence-corrected chi connectivity index (χ2v) is 8.19. The number of hydrogen-bond donors (Lipinski definition) is 1. The summed E-state index contributed by atoms with van der Waals surface area (Å²) in [6, 6.07) is 7.09. The van der Waals surface area contributed by atoms with Crippen LogP contribution >= 0.6 is 22.7 Å². The Morgan fingerprint density at radius 2 is 1.55 bits per heavy atom. The van der Waals surface area contributed by atoms with Crippen molar-refractivity contribution in [2.45, 2.75) is 6.42 Å². The maximum atomic E-state index is 12.3. The zero-order chi connectivity index (χ0) is 20.6. The van der Waals surface area contributed by atoms with Crippen LogP contribution in [-0.4, -0.2) is 72.8 Å². The second kappa shape index (κ2) is 10.2. The highest BCUT2D eigenvalue weighted by atomic mass is 32.1. The molecule has 1 saturated heterocycles. The van der Waals surface area contributed by atoms with E-state index in [1.165, 1.54) is 22.7 Å². The van der Waals surface area contributed by atoms with E-state index in [4.69, 9.17) is 4.74 Å². The molecule has 10 heteroatoms. The van der Waals surface area contributed by atoms with Gasteiger partial charge in [0.15, 0.2) is 6.61 Å². The largest absolute Gasteiger partial charge is 0.456 e. The Morgan fingerprint density at radius 3 is 2.17 bits per heavy atom. The number of nitrogens with one attached hydrogen (secondary N) is 1. The van der Waals surface area contributed by atoms with Crippen molar-refractivity contribution in [3.8, 4) is 0 Å². The summed E-state index contributed by atoms with van der Waals surface area (Å²) in [7, 11) is 0. The summed E-state index contributed by atoms with van der Waals surface area (Å²) in [5.74, 6) is -1.09. The van der Waals surface area contributed by atoms with Crippen molar-refractivity contribution in [3.05, 3.63) is 44.8 Å². The molecule has 1 aliphatic heterocycles. The van der Waals surface area contributed by atoms with Gasteiger partial charge in [0.2, 0.25) is 0 Å². The number of nitrogens with zero attached hydrogens (tertiary/aromatic N) is 2. The van der Waals surface area contributed by atoms with Gasteiger partial charge < -0.3 is 19.9 Å². The number of rotatable bonds is 7. The lowest BCUT2D eigenvalue weighted by atomic mass is 10.3. The summed E-state index contributed by atoms with van der Waals surface area (Å²) < 4.78 is 5.01. The van der Waals surface area contributed by atoms with Gasteiger partial charge in [-0.1, -0.05) is 12.1 Å². The summed E-state index contributed by atoms with van der Waals surface area (Å²) in [5.41, 5.74) is 0. The van der Waals surface area contributed by atoms with E-state index >= 15 is 0 Å². The summed E-state index contributed by atoms with van der Waals surface area (Å²) >= 11 is 2.71. The van der Waals surface area contributed by atoms with Crippen molar-refractivity contribution >= 4 is 46.4 Å². The summed E-state index contributed by atoms with van der Waals surface area (Å²) in [6.07, 6.45) is -0.00646. The fourth-order valence-corrected chi connectivity index (χ4v) is 4.12. The van der Waals surface area contributed by atoms with Crippen molar-refractivity contribution in [3.63, 3.8) is 0 Å². The van der Waals surface area contributed by atoms with E-state index in [1.807, 2.05) is 11.4 Å². The molecule has 2 aromatic rings. The molecular formula is C19H21N3O5S2. The molecule has 1 fully saturated rings. The molecule has 0 spiro atoms. The minimum absolute atomic E-state index is 0.00646. The summed E-state index contributed by atoms with van der Waals surface area (Å²) in [4.78, 5) is 52.6. The molecule has 0 radical (unpaired) electrons. The molecule has 29 heavy (non-hydrogen) atoms. The molecule has 3 rings (SSSR count). The molecule has 0 unspecified atom stereocenters. The van der Waals surface area contributed by atoms with Gasteiger partial charge in [0.05, 0.1) is 16.2 Å². The number of thiophene rings is 2. The summed E-state index contributed by atoms with van der Waals surface area (Å²) in [6.45, 7) is 1.52. The van der Waals surface area contributed by atoms with Crippen LogP contribution in [0.15, 0.2) is 35.0 Å². The van der Waals surface area contributed by atoms with Gasteiger partial charge in [0.1, 0.15) is 0 Å². The van der Waals surface area contributed by atoms with Crippen LogP contribution in [0.1, 0.15) is 25.8 Å². The molecule has 3 heterocycles. The molecular weight excluding hydrogens is 414 g/mol. The summed E-state index contributed by atoms with van der Waals surface area (Å²) in [5, 5.41) is 6.29. The minimum atomic E-state index is -0.545. The number of amides is 3. The van der Waals surface area contributed by atoms with Crippen molar-refractivity contribution in [1.82, 2.24) is 15.1 Å². The molecule has 154 valence electrons. The first-order valence-corrected chi connectivity index (χ1v) is 10.9. The molecule has 0 bridgehead atoms. The lowest BCUT2D eigenvalue weighted by Gasteiger charge is -2.34. The van der Waals surface area contributed by atoms with Crippen LogP contribution in [0.5, 0.6) is 0 Å². The molecule has 0 saturated carbocycles. The highest BCUT2D eigenvalue weighted by Gasteiger charge is 2.25. The van der Waals surface area contributed by atoms with Gasteiger partial charge in [-0.25, -0.2) is 0 Å². The van der Waals surface area contributed by atoms with Gasteiger partial charge in [0, 0.05) is 32.7 Å². The van der Waals surface area contributed by atoms with Crippen LogP contribution in [0.2, 0.25) is 0 Å². The fraction of sp³-hybridized carbons (Fsp3) is 0.368. The molecule has 0 atom stereocenters. The predicted octanol–water partition coefficient (Wildman–Crippen LogP) is 1.46. The van der Waals surface area contributed by atoms with Crippen LogP contribution in [0.4, 0.5) is 0 Å². The topological polar surface area (TPSA) is 96.0 Å². The van der Waals surface area contributed by atoms with Crippen molar-refractivity contribution in [1.29, 1.82) is 0 Å². The Kier molecular flexibility index (Phi) is 7.36. The van der Waals surface area contributed by atoms with Crippen LogP contribution in [0.25, 0.3) is 0 Å². The van der Waals surface area contributed by atoms with Gasteiger partial charge in [0.25, 0.3) is 17.7 Å². The maximum Gasteiger partial charge on any atom is 0.308 e. The quantitative estimate of drug-likeness (QED) is 0.665. The third kappa shape index (κ3) is 5.88. The number of hydrogen-bond acceptors (Lipinski definition) is 7. The van der Waals surface area contributed by atoms with E-state index in [-0.39, 0.29) is 37.3 Å². The molecule has 8 nitrogen and oxygen atoms in total.